The first-order chi connectivity index (χ1) is 6.22. The van der Waals surface area contributed by atoms with Gasteiger partial charge in [0.1, 0.15) is 7.05 Å². The molecule has 0 aliphatic rings. The van der Waals surface area contributed by atoms with E-state index in [0.717, 1.165) is 5.56 Å². The summed E-state index contributed by atoms with van der Waals surface area (Å²) < 4.78 is 6.39. The zero-order valence-electron chi connectivity index (χ0n) is 7.73. The second-order valence-corrected chi connectivity index (χ2v) is 2.65. The highest BCUT2D eigenvalue weighted by atomic mass is 16.5. The molecule has 0 N–H and O–H groups in total. The van der Waals surface area contributed by atoms with Crippen molar-refractivity contribution in [3.63, 3.8) is 0 Å². The van der Waals surface area contributed by atoms with Gasteiger partial charge >= 0.3 is 5.97 Å². The minimum absolute atomic E-state index is 0.340. The number of hydrogen-bond acceptors (Lipinski definition) is 2. The maximum atomic E-state index is 10.7. The predicted molar refractivity (Wildman–Crippen MR) is 48.7 cm³/mol. The molecule has 3 heteroatoms. The third-order valence-electron chi connectivity index (χ3n) is 1.62. The van der Waals surface area contributed by atoms with E-state index in [0.29, 0.717) is 0 Å². The first-order valence-electron chi connectivity index (χ1n) is 3.93. The van der Waals surface area contributed by atoms with Crippen molar-refractivity contribution in [1.29, 1.82) is 0 Å². The van der Waals surface area contributed by atoms with E-state index in [4.69, 9.17) is 0 Å². The van der Waals surface area contributed by atoms with Crippen molar-refractivity contribution >= 4 is 12.0 Å². The number of carbonyl (C=O) groups excluding carboxylic acids is 1. The SMILES string of the molecule is COC(=O)/C=C/c1cc[n+](C)cc1. The number of rotatable bonds is 2. The Kier molecular flexibility index (Phi) is 3.20. The summed E-state index contributed by atoms with van der Waals surface area (Å²) in [4.78, 5) is 10.7. The van der Waals surface area contributed by atoms with Crippen molar-refractivity contribution in [2.75, 3.05) is 7.11 Å². The van der Waals surface area contributed by atoms with Crippen LogP contribution in [0.3, 0.4) is 0 Å². The van der Waals surface area contributed by atoms with E-state index in [1.807, 2.05) is 36.1 Å². The zero-order chi connectivity index (χ0) is 9.68. The average molecular weight is 178 g/mol. The maximum absolute atomic E-state index is 10.7. The smallest absolute Gasteiger partial charge is 0.330 e. The lowest BCUT2D eigenvalue weighted by molar-refractivity contribution is -0.671. The van der Waals surface area contributed by atoms with Crippen LogP contribution >= 0.6 is 0 Å². The Balaban J connectivity index is 2.69. The van der Waals surface area contributed by atoms with Crippen LogP contribution < -0.4 is 4.57 Å². The Morgan fingerprint density at radius 2 is 2.08 bits per heavy atom. The Bertz CT molecular complexity index is 314. The molecule has 1 rings (SSSR count). The van der Waals surface area contributed by atoms with Gasteiger partial charge in [0.25, 0.3) is 0 Å². The van der Waals surface area contributed by atoms with Gasteiger partial charge in [-0.3, -0.25) is 0 Å². The van der Waals surface area contributed by atoms with Crippen molar-refractivity contribution in [3.05, 3.63) is 36.2 Å². The number of carbonyl (C=O) groups is 1. The molecule has 1 heterocycles. The molecule has 0 saturated carbocycles. The van der Waals surface area contributed by atoms with Gasteiger partial charge in [-0.1, -0.05) is 0 Å². The number of ether oxygens (including phenoxy) is 1. The van der Waals surface area contributed by atoms with E-state index in [1.54, 1.807) is 6.08 Å². The van der Waals surface area contributed by atoms with Gasteiger partial charge in [-0.15, -0.1) is 0 Å². The van der Waals surface area contributed by atoms with Crippen molar-refractivity contribution < 1.29 is 14.1 Å². The summed E-state index contributed by atoms with van der Waals surface area (Å²) in [5, 5.41) is 0. The fourth-order valence-corrected chi connectivity index (χ4v) is 0.856. The minimum atomic E-state index is -0.340. The molecule has 0 radical (unpaired) electrons. The molecule has 13 heavy (non-hydrogen) atoms. The highest BCUT2D eigenvalue weighted by molar-refractivity contribution is 5.86. The van der Waals surface area contributed by atoms with Crippen molar-refractivity contribution in [2.24, 2.45) is 7.05 Å². The lowest BCUT2D eigenvalue weighted by Gasteiger charge is -1.91. The Labute approximate surface area is 77.3 Å². The van der Waals surface area contributed by atoms with Gasteiger partial charge < -0.3 is 4.74 Å². The number of esters is 1. The minimum Gasteiger partial charge on any atom is -0.466 e. The highest BCUT2D eigenvalue weighted by Crippen LogP contribution is 1.97. The topological polar surface area (TPSA) is 30.2 Å². The molecule has 0 atom stereocenters. The number of nitrogens with zero attached hydrogens (tertiary/aromatic N) is 1. The van der Waals surface area contributed by atoms with Gasteiger partial charge in [-0.25, -0.2) is 9.36 Å². The largest absolute Gasteiger partial charge is 0.466 e. The first kappa shape index (κ1) is 9.45. The Hall–Kier alpha value is -1.64. The zero-order valence-corrected chi connectivity index (χ0v) is 7.73. The summed E-state index contributed by atoms with van der Waals surface area (Å²) >= 11 is 0. The third kappa shape index (κ3) is 3.07. The summed E-state index contributed by atoms with van der Waals surface area (Å²) in [5.74, 6) is -0.340. The summed E-state index contributed by atoms with van der Waals surface area (Å²) in [6.07, 6.45) is 6.94. The predicted octanol–water partition coefficient (Wildman–Crippen LogP) is 0.697. The molecular formula is C10H12NO2+. The van der Waals surface area contributed by atoms with Crippen LogP contribution in [0.2, 0.25) is 0 Å². The second kappa shape index (κ2) is 4.40. The normalized spacial score (nSPS) is 10.3. The molecule has 3 nitrogen and oxygen atoms in total. The number of aryl methyl sites for hydroxylation is 1. The standard InChI is InChI=1S/C10H12NO2/c1-11-7-5-9(6-8-11)3-4-10(12)13-2/h3-8H,1-2H3/q+1/b4-3+. The van der Waals surface area contributed by atoms with Gasteiger partial charge in [0.15, 0.2) is 12.4 Å². The van der Waals surface area contributed by atoms with E-state index in [1.165, 1.54) is 13.2 Å². The van der Waals surface area contributed by atoms with Crippen LogP contribution in [0.25, 0.3) is 6.08 Å². The maximum Gasteiger partial charge on any atom is 0.330 e. The van der Waals surface area contributed by atoms with Gasteiger partial charge in [-0.05, 0) is 11.6 Å². The molecule has 1 aromatic heterocycles. The summed E-state index contributed by atoms with van der Waals surface area (Å²) in [6, 6.07) is 3.83. The summed E-state index contributed by atoms with van der Waals surface area (Å²) in [6.45, 7) is 0. The average Bonchev–Trinajstić information content (AvgIpc) is 2.16. The van der Waals surface area contributed by atoms with Gasteiger partial charge in [0.2, 0.25) is 0 Å². The van der Waals surface area contributed by atoms with Crippen LogP contribution in [0.5, 0.6) is 0 Å². The van der Waals surface area contributed by atoms with Crippen molar-refractivity contribution in [2.45, 2.75) is 0 Å². The lowest BCUT2D eigenvalue weighted by Crippen LogP contribution is -2.25. The molecule has 68 valence electrons. The quantitative estimate of drug-likeness (QED) is 0.379. The van der Waals surface area contributed by atoms with E-state index in [9.17, 15) is 4.79 Å². The van der Waals surface area contributed by atoms with Gasteiger partial charge in [0, 0.05) is 18.2 Å². The molecule has 0 amide bonds. The van der Waals surface area contributed by atoms with Crippen molar-refractivity contribution in [1.82, 2.24) is 0 Å². The van der Waals surface area contributed by atoms with Crippen LogP contribution in [0.15, 0.2) is 30.6 Å². The monoisotopic (exact) mass is 178 g/mol. The van der Waals surface area contributed by atoms with Crippen LogP contribution in [-0.2, 0) is 16.6 Å². The second-order valence-electron chi connectivity index (χ2n) is 2.65. The number of methoxy groups -OCH3 is 1. The van der Waals surface area contributed by atoms with Crippen LogP contribution in [0.4, 0.5) is 0 Å². The van der Waals surface area contributed by atoms with E-state index in [2.05, 4.69) is 4.74 Å². The fourth-order valence-electron chi connectivity index (χ4n) is 0.856. The summed E-state index contributed by atoms with van der Waals surface area (Å²) in [7, 11) is 3.30. The molecule has 0 saturated heterocycles. The third-order valence-corrected chi connectivity index (χ3v) is 1.62. The fraction of sp³-hybridized carbons (Fsp3) is 0.200. The number of pyridine rings is 1. The number of hydrogen-bond donors (Lipinski definition) is 0. The van der Waals surface area contributed by atoms with Gasteiger partial charge in [-0.2, -0.15) is 0 Å². The molecule has 0 aliphatic carbocycles. The van der Waals surface area contributed by atoms with Crippen molar-refractivity contribution in [3.8, 4) is 0 Å². The Morgan fingerprint density at radius 1 is 1.46 bits per heavy atom. The molecule has 0 aliphatic heterocycles. The molecule has 0 spiro atoms. The van der Waals surface area contributed by atoms with E-state index >= 15 is 0 Å². The van der Waals surface area contributed by atoms with Crippen LogP contribution in [0.1, 0.15) is 5.56 Å². The molecule has 0 fully saturated rings. The molecular weight excluding hydrogens is 166 g/mol. The number of aromatic nitrogens is 1. The first-order valence-corrected chi connectivity index (χ1v) is 3.93. The molecule has 0 bridgehead atoms. The highest BCUT2D eigenvalue weighted by Gasteiger charge is 1.93. The molecule has 1 aromatic rings. The van der Waals surface area contributed by atoms with Crippen LogP contribution in [-0.4, -0.2) is 13.1 Å². The van der Waals surface area contributed by atoms with E-state index in [-0.39, 0.29) is 5.97 Å². The molecule has 0 unspecified atom stereocenters. The Morgan fingerprint density at radius 3 is 2.62 bits per heavy atom. The lowest BCUT2D eigenvalue weighted by atomic mass is 10.2. The summed E-state index contributed by atoms with van der Waals surface area (Å²) in [5.41, 5.74) is 0.975. The van der Waals surface area contributed by atoms with Crippen LogP contribution in [0, 0.1) is 0 Å². The molecule has 0 aromatic carbocycles. The van der Waals surface area contributed by atoms with Gasteiger partial charge in [0.05, 0.1) is 7.11 Å². The van der Waals surface area contributed by atoms with E-state index < -0.39 is 0 Å².